The van der Waals surface area contributed by atoms with Crippen LogP contribution in [0.15, 0.2) is 71.2 Å². The molecule has 2 aliphatic carbocycles. The molecule has 0 saturated heterocycles. The van der Waals surface area contributed by atoms with Crippen LogP contribution in [-0.2, 0) is 25.7 Å². The molecule has 0 N–H and O–H groups in total. The fourth-order valence-corrected chi connectivity index (χ4v) is 7.03. The molecule has 2 aromatic heterocycles. The van der Waals surface area contributed by atoms with Crippen LogP contribution in [0.4, 0.5) is 0 Å². The van der Waals surface area contributed by atoms with Crippen molar-refractivity contribution in [1.82, 2.24) is 19.9 Å². The van der Waals surface area contributed by atoms with Gasteiger partial charge in [0.1, 0.15) is 22.7 Å². The third-order valence-electron chi connectivity index (χ3n) is 6.66. The fraction of sp³-hybridized carbons (Fsp3) is 0.286. The molecule has 0 unspecified atom stereocenters. The fourth-order valence-electron chi connectivity index (χ4n) is 4.96. The second kappa shape index (κ2) is 9.88. The zero-order valence-electron chi connectivity index (χ0n) is 19.0. The minimum atomic E-state index is 1.04. The molecule has 170 valence electrons. The van der Waals surface area contributed by atoms with Crippen molar-refractivity contribution in [2.24, 2.45) is 0 Å². The molecule has 0 fully saturated rings. The molecule has 0 saturated carbocycles. The molecule has 0 spiro atoms. The van der Waals surface area contributed by atoms with Crippen LogP contribution >= 0.6 is 23.5 Å². The summed E-state index contributed by atoms with van der Waals surface area (Å²) in [5.74, 6) is 2.17. The van der Waals surface area contributed by atoms with Crippen molar-refractivity contribution in [2.75, 3.05) is 11.5 Å². The summed E-state index contributed by atoms with van der Waals surface area (Å²) in [4.78, 5) is 18.5. The largest absolute Gasteiger partial charge is 0.236 e. The molecule has 2 aliphatic rings. The van der Waals surface area contributed by atoms with Gasteiger partial charge in [-0.05, 0) is 61.2 Å². The van der Waals surface area contributed by atoms with Crippen LogP contribution in [0.1, 0.15) is 35.1 Å². The maximum Gasteiger partial charge on any atom is 0.117 e. The zero-order chi connectivity index (χ0) is 22.7. The lowest BCUT2D eigenvalue weighted by molar-refractivity contribution is 0.852. The molecular formula is C28H26N4S2. The van der Waals surface area contributed by atoms with Gasteiger partial charge < -0.3 is 0 Å². The van der Waals surface area contributed by atoms with Gasteiger partial charge in [-0.2, -0.15) is 0 Å². The van der Waals surface area contributed by atoms with E-state index in [4.69, 9.17) is 0 Å². The minimum Gasteiger partial charge on any atom is -0.236 e. The summed E-state index contributed by atoms with van der Waals surface area (Å²) >= 11 is 3.77. The van der Waals surface area contributed by atoms with E-state index >= 15 is 0 Å². The standard InChI is InChI=1S/C28H26N4S2/c1-3-9-21-19(7-1)11-13-23-25(21)29-17-31-27(23)33-15-5-6-16-34-28-24-14-12-20-8-2-4-10-22(20)26(24)30-18-32-28/h1-4,7-10,17-18H,5-6,11-16H2. The molecule has 2 aromatic carbocycles. The summed E-state index contributed by atoms with van der Waals surface area (Å²) in [6.07, 6.45) is 10.0. The molecule has 0 radical (unpaired) electrons. The Hall–Kier alpha value is -2.70. The van der Waals surface area contributed by atoms with Gasteiger partial charge in [-0.25, -0.2) is 19.9 Å². The van der Waals surface area contributed by atoms with E-state index in [1.54, 1.807) is 12.7 Å². The van der Waals surface area contributed by atoms with Crippen molar-refractivity contribution in [2.45, 2.75) is 48.6 Å². The lowest BCUT2D eigenvalue weighted by Crippen LogP contribution is -2.08. The van der Waals surface area contributed by atoms with Crippen molar-refractivity contribution in [1.29, 1.82) is 0 Å². The Kier molecular flexibility index (Phi) is 6.34. The molecule has 6 heteroatoms. The molecule has 4 nitrogen and oxygen atoms in total. The summed E-state index contributed by atoms with van der Waals surface area (Å²) in [5, 5.41) is 2.33. The SMILES string of the molecule is c1ccc2c(c1)CCc1c(SCCCCSc3ncnc4c3CCc3ccccc3-4)ncnc1-2. The summed E-state index contributed by atoms with van der Waals surface area (Å²) < 4.78 is 0. The summed E-state index contributed by atoms with van der Waals surface area (Å²) in [6.45, 7) is 0. The molecule has 0 atom stereocenters. The Bertz CT molecular complexity index is 1230. The predicted molar refractivity (Wildman–Crippen MR) is 140 cm³/mol. The number of benzene rings is 2. The number of aromatic nitrogens is 4. The predicted octanol–water partition coefficient (Wildman–Crippen LogP) is 6.46. The molecule has 0 aliphatic heterocycles. The Morgan fingerprint density at radius 3 is 1.53 bits per heavy atom. The van der Waals surface area contributed by atoms with E-state index in [1.807, 2.05) is 23.5 Å². The molecule has 0 amide bonds. The first-order valence-corrected chi connectivity index (χ1v) is 14.0. The highest BCUT2D eigenvalue weighted by atomic mass is 32.2. The molecule has 2 heterocycles. The van der Waals surface area contributed by atoms with Crippen LogP contribution in [0.25, 0.3) is 22.5 Å². The Labute approximate surface area is 209 Å². The Balaban J connectivity index is 1.05. The maximum absolute atomic E-state index is 4.63. The van der Waals surface area contributed by atoms with Gasteiger partial charge >= 0.3 is 0 Å². The van der Waals surface area contributed by atoms with Crippen LogP contribution in [0.5, 0.6) is 0 Å². The zero-order valence-corrected chi connectivity index (χ0v) is 20.7. The van der Waals surface area contributed by atoms with Crippen molar-refractivity contribution < 1.29 is 0 Å². The summed E-state index contributed by atoms with van der Waals surface area (Å²) in [5.41, 5.74) is 10.3. The summed E-state index contributed by atoms with van der Waals surface area (Å²) in [7, 11) is 0. The molecule has 0 bridgehead atoms. The monoisotopic (exact) mass is 482 g/mol. The van der Waals surface area contributed by atoms with Crippen molar-refractivity contribution in [3.05, 3.63) is 83.4 Å². The van der Waals surface area contributed by atoms with E-state index in [-0.39, 0.29) is 0 Å². The van der Waals surface area contributed by atoms with Crippen molar-refractivity contribution in [3.63, 3.8) is 0 Å². The second-order valence-electron chi connectivity index (χ2n) is 8.73. The number of rotatable bonds is 7. The highest BCUT2D eigenvalue weighted by Crippen LogP contribution is 2.37. The lowest BCUT2D eigenvalue weighted by atomic mass is 9.90. The smallest absolute Gasteiger partial charge is 0.117 e. The van der Waals surface area contributed by atoms with E-state index in [1.165, 1.54) is 46.2 Å². The van der Waals surface area contributed by atoms with E-state index < -0.39 is 0 Å². The van der Waals surface area contributed by atoms with Gasteiger partial charge in [0, 0.05) is 22.3 Å². The number of fused-ring (bicyclic) bond motifs is 6. The van der Waals surface area contributed by atoms with Crippen LogP contribution in [0.3, 0.4) is 0 Å². The molecule has 34 heavy (non-hydrogen) atoms. The summed E-state index contributed by atoms with van der Waals surface area (Å²) in [6, 6.07) is 17.3. The number of hydrogen-bond acceptors (Lipinski definition) is 6. The number of nitrogens with zero attached hydrogens (tertiary/aromatic N) is 4. The van der Waals surface area contributed by atoms with Crippen LogP contribution in [0.2, 0.25) is 0 Å². The van der Waals surface area contributed by atoms with E-state index in [0.717, 1.165) is 58.6 Å². The van der Waals surface area contributed by atoms with E-state index in [2.05, 4.69) is 68.5 Å². The number of hydrogen-bond donors (Lipinski definition) is 0. The first-order valence-electron chi connectivity index (χ1n) is 12.0. The Morgan fingerprint density at radius 1 is 0.559 bits per heavy atom. The van der Waals surface area contributed by atoms with Crippen LogP contribution in [0, 0.1) is 0 Å². The van der Waals surface area contributed by atoms with Crippen molar-refractivity contribution >= 4 is 23.5 Å². The van der Waals surface area contributed by atoms with Crippen LogP contribution < -0.4 is 0 Å². The van der Waals surface area contributed by atoms with Crippen LogP contribution in [-0.4, -0.2) is 31.4 Å². The van der Waals surface area contributed by atoms with Gasteiger partial charge in [0.15, 0.2) is 0 Å². The first-order chi connectivity index (χ1) is 16.9. The van der Waals surface area contributed by atoms with Gasteiger partial charge in [-0.3, -0.25) is 0 Å². The van der Waals surface area contributed by atoms with Gasteiger partial charge in [0.05, 0.1) is 11.4 Å². The lowest BCUT2D eigenvalue weighted by Gasteiger charge is -2.20. The minimum absolute atomic E-state index is 1.04. The molecule has 6 rings (SSSR count). The average molecular weight is 483 g/mol. The molecule has 4 aromatic rings. The normalized spacial score (nSPS) is 13.5. The average Bonchev–Trinajstić information content (AvgIpc) is 2.90. The number of aryl methyl sites for hydroxylation is 2. The van der Waals surface area contributed by atoms with Gasteiger partial charge in [-0.1, -0.05) is 48.5 Å². The quantitative estimate of drug-likeness (QED) is 0.171. The first kappa shape index (κ1) is 21.8. The van der Waals surface area contributed by atoms with Gasteiger partial charge in [-0.15, -0.1) is 23.5 Å². The number of thioether (sulfide) groups is 2. The number of unbranched alkanes of at least 4 members (excludes halogenated alkanes) is 1. The molecular weight excluding hydrogens is 456 g/mol. The highest BCUT2D eigenvalue weighted by molar-refractivity contribution is 7.99. The van der Waals surface area contributed by atoms with E-state index in [9.17, 15) is 0 Å². The van der Waals surface area contributed by atoms with Crippen molar-refractivity contribution in [3.8, 4) is 22.5 Å². The topological polar surface area (TPSA) is 51.6 Å². The third-order valence-corrected chi connectivity index (χ3v) is 8.90. The maximum atomic E-state index is 4.63. The van der Waals surface area contributed by atoms with Gasteiger partial charge in [0.25, 0.3) is 0 Å². The van der Waals surface area contributed by atoms with E-state index in [0.29, 0.717) is 0 Å². The third kappa shape index (κ3) is 4.25. The highest BCUT2D eigenvalue weighted by Gasteiger charge is 2.21. The van der Waals surface area contributed by atoms with Gasteiger partial charge in [0.2, 0.25) is 0 Å². The second-order valence-corrected chi connectivity index (χ2v) is 10.9. The Morgan fingerprint density at radius 2 is 1.03 bits per heavy atom.